The average Bonchev–Trinajstić information content (AvgIpc) is 2.67. The highest BCUT2D eigenvalue weighted by molar-refractivity contribution is 7.92. The Kier molecular flexibility index (Phi) is 7.30. The molecule has 0 radical (unpaired) electrons. The fourth-order valence-corrected chi connectivity index (χ4v) is 5.59. The Bertz CT molecular complexity index is 727. The molecule has 2 saturated heterocycles. The van der Waals surface area contributed by atoms with Gasteiger partial charge in [-0.25, -0.2) is 8.42 Å². The average molecular weight is 417 g/mol. The summed E-state index contributed by atoms with van der Waals surface area (Å²) in [5, 5.41) is 13.7. The first-order chi connectivity index (χ1) is 12.3. The number of rotatable bonds is 4. The fourth-order valence-electron chi connectivity index (χ4n) is 4.20. The van der Waals surface area contributed by atoms with Gasteiger partial charge in [-0.2, -0.15) is 0 Å². The highest BCUT2D eigenvalue weighted by Gasteiger charge is 2.50. The van der Waals surface area contributed by atoms with Crippen molar-refractivity contribution in [2.24, 2.45) is 5.92 Å². The third-order valence-corrected chi connectivity index (χ3v) is 7.93. The van der Waals surface area contributed by atoms with E-state index in [0.717, 1.165) is 5.56 Å². The van der Waals surface area contributed by atoms with Crippen molar-refractivity contribution in [3.63, 3.8) is 0 Å². The minimum absolute atomic E-state index is 0. The zero-order valence-corrected chi connectivity index (χ0v) is 17.3. The van der Waals surface area contributed by atoms with Gasteiger partial charge in [0.2, 0.25) is 5.91 Å². The van der Waals surface area contributed by atoms with Gasteiger partial charge in [0.1, 0.15) is 0 Å². The summed E-state index contributed by atoms with van der Waals surface area (Å²) in [4.78, 5) is 14.8. The van der Waals surface area contributed by atoms with Crippen LogP contribution in [0.2, 0.25) is 0 Å². The van der Waals surface area contributed by atoms with Crippen molar-refractivity contribution in [2.45, 2.75) is 36.5 Å². The van der Waals surface area contributed by atoms with Gasteiger partial charge in [-0.15, -0.1) is 12.4 Å². The topological polar surface area (TPSA) is 86.7 Å². The predicted octanol–water partition coefficient (Wildman–Crippen LogP) is 1.55. The highest BCUT2D eigenvalue weighted by Crippen LogP contribution is 2.34. The number of aliphatic hydroxyl groups is 1. The predicted molar refractivity (Wildman–Crippen MR) is 108 cm³/mol. The van der Waals surface area contributed by atoms with Crippen LogP contribution in [0.25, 0.3) is 0 Å². The molecular formula is C19H29ClN2O4S. The smallest absolute Gasteiger partial charge is 0.244 e. The van der Waals surface area contributed by atoms with Crippen LogP contribution in [0.5, 0.6) is 0 Å². The second-order valence-electron chi connectivity index (χ2n) is 7.50. The molecule has 152 valence electrons. The molecule has 8 heteroatoms. The van der Waals surface area contributed by atoms with Crippen LogP contribution in [0.1, 0.15) is 37.4 Å². The van der Waals surface area contributed by atoms with E-state index in [2.05, 4.69) is 5.32 Å². The van der Waals surface area contributed by atoms with Gasteiger partial charge in [0.25, 0.3) is 0 Å². The van der Waals surface area contributed by atoms with E-state index in [1.165, 1.54) is 6.26 Å². The minimum atomic E-state index is -3.49. The van der Waals surface area contributed by atoms with Crippen molar-refractivity contribution in [1.29, 1.82) is 0 Å². The third-order valence-electron chi connectivity index (χ3n) is 5.93. The number of carbonyl (C=O) groups excluding carboxylic acids is 1. The third kappa shape index (κ3) is 4.47. The normalized spacial score (nSPS) is 21.9. The number of aliphatic hydroxyl groups excluding tert-OH is 1. The van der Waals surface area contributed by atoms with E-state index in [4.69, 9.17) is 0 Å². The molecule has 2 N–H and O–H groups in total. The summed E-state index contributed by atoms with van der Waals surface area (Å²) in [5.41, 5.74) is 0.892. The van der Waals surface area contributed by atoms with Crippen LogP contribution in [-0.4, -0.2) is 61.5 Å². The molecule has 1 aromatic rings. The first kappa shape index (κ1) is 22.1. The molecule has 2 fully saturated rings. The molecule has 1 unspecified atom stereocenters. The molecule has 0 spiro atoms. The number of carbonyl (C=O) groups is 1. The number of hydrogen-bond acceptors (Lipinski definition) is 5. The summed E-state index contributed by atoms with van der Waals surface area (Å²) in [7, 11) is -3.49. The molecule has 0 aromatic heterocycles. The van der Waals surface area contributed by atoms with Crippen LogP contribution in [0, 0.1) is 5.92 Å². The lowest BCUT2D eigenvalue weighted by atomic mass is 9.86. The van der Waals surface area contributed by atoms with Crippen LogP contribution < -0.4 is 5.32 Å². The van der Waals surface area contributed by atoms with Crippen molar-refractivity contribution in [3.05, 3.63) is 35.9 Å². The Balaban J connectivity index is 0.00000261. The Morgan fingerprint density at radius 3 is 2.26 bits per heavy atom. The van der Waals surface area contributed by atoms with Gasteiger partial charge >= 0.3 is 0 Å². The summed E-state index contributed by atoms with van der Waals surface area (Å²) in [6.45, 7) is 2.08. The number of hydrogen-bond donors (Lipinski definition) is 2. The van der Waals surface area contributed by atoms with Crippen LogP contribution in [0.4, 0.5) is 0 Å². The van der Waals surface area contributed by atoms with Crippen LogP contribution in [-0.2, 0) is 14.6 Å². The number of amides is 1. The van der Waals surface area contributed by atoms with Crippen molar-refractivity contribution >= 4 is 28.2 Å². The Labute approximate surface area is 167 Å². The van der Waals surface area contributed by atoms with Gasteiger partial charge in [-0.1, -0.05) is 30.3 Å². The maximum atomic E-state index is 13.1. The number of nitrogens with zero attached hydrogens (tertiary/aromatic N) is 1. The molecule has 1 amide bonds. The summed E-state index contributed by atoms with van der Waals surface area (Å²) in [6, 6.07) is 9.56. The van der Waals surface area contributed by atoms with E-state index >= 15 is 0 Å². The molecule has 2 aliphatic heterocycles. The molecule has 2 aliphatic rings. The molecule has 0 aliphatic carbocycles. The van der Waals surface area contributed by atoms with Crippen LogP contribution in [0.3, 0.4) is 0 Å². The molecule has 2 heterocycles. The van der Waals surface area contributed by atoms with Gasteiger partial charge in [0.15, 0.2) is 14.6 Å². The number of sulfone groups is 1. The van der Waals surface area contributed by atoms with Gasteiger partial charge in [0, 0.05) is 19.3 Å². The van der Waals surface area contributed by atoms with Crippen molar-refractivity contribution in [1.82, 2.24) is 10.2 Å². The van der Waals surface area contributed by atoms with Crippen LogP contribution >= 0.6 is 12.4 Å². The Hall–Kier alpha value is -1.15. The summed E-state index contributed by atoms with van der Waals surface area (Å²) >= 11 is 0. The molecular weight excluding hydrogens is 388 g/mol. The second kappa shape index (κ2) is 8.90. The molecule has 27 heavy (non-hydrogen) atoms. The maximum absolute atomic E-state index is 13.1. The molecule has 1 aromatic carbocycles. The van der Waals surface area contributed by atoms with E-state index in [0.29, 0.717) is 51.9 Å². The first-order valence-corrected chi connectivity index (χ1v) is 11.2. The van der Waals surface area contributed by atoms with Gasteiger partial charge in [-0.05, 0) is 50.3 Å². The van der Waals surface area contributed by atoms with E-state index < -0.39 is 20.7 Å². The molecule has 6 nitrogen and oxygen atoms in total. The number of benzene rings is 1. The number of nitrogens with one attached hydrogen (secondary N) is 1. The Morgan fingerprint density at radius 2 is 1.74 bits per heavy atom. The lowest BCUT2D eigenvalue weighted by Crippen LogP contribution is -2.59. The largest absolute Gasteiger partial charge is 0.388 e. The maximum Gasteiger partial charge on any atom is 0.244 e. The van der Waals surface area contributed by atoms with Crippen molar-refractivity contribution < 1.29 is 18.3 Å². The number of halogens is 1. The SMILES string of the molecule is CS(=O)(=O)C1(C(=O)N2CCC(C(O)c3ccccc3)CC2)CCNCC1.Cl. The molecule has 3 rings (SSSR count). The summed E-state index contributed by atoms with van der Waals surface area (Å²) in [6.07, 6.45) is 2.66. The number of likely N-dealkylation sites (tertiary alicyclic amines) is 1. The van der Waals surface area contributed by atoms with E-state index in [1.807, 2.05) is 30.3 Å². The van der Waals surface area contributed by atoms with E-state index in [-0.39, 0.29) is 24.2 Å². The quantitative estimate of drug-likeness (QED) is 0.777. The number of piperidine rings is 2. The van der Waals surface area contributed by atoms with Gasteiger partial charge in [-0.3, -0.25) is 4.79 Å². The summed E-state index contributed by atoms with van der Waals surface area (Å²) in [5.74, 6) is -0.169. The first-order valence-electron chi connectivity index (χ1n) is 9.28. The van der Waals surface area contributed by atoms with E-state index in [9.17, 15) is 18.3 Å². The fraction of sp³-hybridized carbons (Fsp3) is 0.632. The van der Waals surface area contributed by atoms with Crippen molar-refractivity contribution in [3.8, 4) is 0 Å². The van der Waals surface area contributed by atoms with Gasteiger partial charge < -0.3 is 15.3 Å². The standard InChI is InChI=1S/C19H28N2O4S.ClH/c1-26(24,25)19(9-11-20-12-10-19)18(23)21-13-7-16(8-14-21)17(22)15-5-3-2-4-6-15;/h2-6,16-17,20,22H,7-14H2,1H3;1H. The lowest BCUT2D eigenvalue weighted by molar-refractivity contribution is -0.136. The van der Waals surface area contributed by atoms with Gasteiger partial charge in [0.05, 0.1) is 6.10 Å². The molecule has 0 bridgehead atoms. The summed E-state index contributed by atoms with van der Waals surface area (Å²) < 4.78 is 23.6. The monoisotopic (exact) mass is 416 g/mol. The lowest BCUT2D eigenvalue weighted by Gasteiger charge is -2.41. The molecule has 0 saturated carbocycles. The Morgan fingerprint density at radius 1 is 1.19 bits per heavy atom. The van der Waals surface area contributed by atoms with E-state index in [1.54, 1.807) is 4.90 Å². The molecule has 1 atom stereocenters. The zero-order valence-electron chi connectivity index (χ0n) is 15.6. The van der Waals surface area contributed by atoms with Crippen molar-refractivity contribution in [2.75, 3.05) is 32.4 Å². The van der Waals surface area contributed by atoms with Crippen LogP contribution in [0.15, 0.2) is 30.3 Å². The zero-order chi connectivity index (χ0) is 18.8. The highest BCUT2D eigenvalue weighted by atomic mass is 35.5. The minimum Gasteiger partial charge on any atom is -0.388 e. The second-order valence-corrected chi connectivity index (χ2v) is 9.83.